The van der Waals surface area contributed by atoms with Crippen LogP contribution in [0.15, 0.2) is 54.7 Å². The lowest BCUT2D eigenvalue weighted by Crippen LogP contribution is -2.46. The van der Waals surface area contributed by atoms with E-state index in [1.165, 1.54) is 22.4 Å². The number of benzene rings is 2. The number of hydrogen-bond donors (Lipinski definition) is 1. The fourth-order valence-electron chi connectivity index (χ4n) is 3.86. The molecule has 0 unspecified atom stereocenters. The third-order valence-corrected chi connectivity index (χ3v) is 5.93. The number of likely N-dealkylation sites (tertiary alicyclic amines) is 1. The fourth-order valence-corrected chi connectivity index (χ4v) is 3.86. The molecule has 3 aromatic rings. The van der Waals surface area contributed by atoms with Crippen LogP contribution in [-0.4, -0.2) is 50.8 Å². The Hall–Kier alpha value is -3.55. The molecule has 0 spiro atoms. The summed E-state index contributed by atoms with van der Waals surface area (Å²) >= 11 is 0. The molecule has 0 aliphatic carbocycles. The van der Waals surface area contributed by atoms with Gasteiger partial charge in [-0.2, -0.15) is 0 Å². The highest BCUT2D eigenvalue weighted by atomic mass is 19.1. The van der Waals surface area contributed by atoms with E-state index in [0.29, 0.717) is 37.2 Å². The first-order chi connectivity index (χ1) is 15.7. The Morgan fingerprint density at radius 1 is 1.00 bits per heavy atom. The van der Waals surface area contributed by atoms with Crippen molar-refractivity contribution in [3.05, 3.63) is 77.4 Å². The molecule has 1 aliphatic rings. The molecule has 0 atom stereocenters. The predicted octanol–water partition coefficient (Wildman–Crippen LogP) is 3.74. The summed E-state index contributed by atoms with van der Waals surface area (Å²) < 4.78 is 14.6. The normalized spacial score (nSPS) is 14.8. The summed E-state index contributed by atoms with van der Waals surface area (Å²) in [5.41, 5.74) is 2.72. The summed E-state index contributed by atoms with van der Waals surface area (Å²) in [6, 6.07) is 13.5. The summed E-state index contributed by atoms with van der Waals surface area (Å²) in [6.07, 6.45) is 2.89. The van der Waals surface area contributed by atoms with Crippen molar-refractivity contribution in [3.8, 4) is 5.69 Å². The maximum absolute atomic E-state index is 13.1. The second kappa shape index (κ2) is 9.13. The molecule has 0 radical (unpaired) electrons. The Labute approximate surface area is 192 Å². The van der Waals surface area contributed by atoms with Gasteiger partial charge in [0.05, 0.1) is 11.9 Å². The van der Waals surface area contributed by atoms with Gasteiger partial charge in [0, 0.05) is 24.7 Å². The van der Waals surface area contributed by atoms with E-state index in [2.05, 4.69) is 36.4 Å². The number of piperidine rings is 1. The number of carbonyl (C=O) groups excluding carboxylic acids is 2. The number of amides is 2. The number of hydrogen-bond acceptors (Lipinski definition) is 4. The van der Waals surface area contributed by atoms with E-state index in [9.17, 15) is 14.0 Å². The maximum Gasteiger partial charge on any atom is 0.276 e. The smallest absolute Gasteiger partial charge is 0.276 e. The molecule has 2 amide bonds. The molecule has 0 saturated carbocycles. The highest BCUT2D eigenvalue weighted by Crippen LogP contribution is 2.22. The van der Waals surface area contributed by atoms with Gasteiger partial charge in [0.2, 0.25) is 0 Å². The molecule has 8 heteroatoms. The van der Waals surface area contributed by atoms with Crippen LogP contribution in [0.25, 0.3) is 5.69 Å². The predicted molar refractivity (Wildman–Crippen MR) is 123 cm³/mol. The van der Waals surface area contributed by atoms with Gasteiger partial charge in [-0.05, 0) is 60.2 Å². The molecule has 4 rings (SSSR count). The van der Waals surface area contributed by atoms with E-state index in [1.54, 1.807) is 23.2 Å². The van der Waals surface area contributed by atoms with Crippen molar-refractivity contribution in [2.45, 2.75) is 45.1 Å². The highest BCUT2D eigenvalue weighted by molar-refractivity contribution is 5.94. The van der Waals surface area contributed by atoms with Crippen LogP contribution in [0.4, 0.5) is 4.39 Å². The Kier molecular flexibility index (Phi) is 6.26. The lowest BCUT2D eigenvalue weighted by molar-refractivity contribution is 0.0692. The first-order valence-electron chi connectivity index (χ1n) is 11.1. The first kappa shape index (κ1) is 22.6. The molecule has 1 aliphatic heterocycles. The van der Waals surface area contributed by atoms with E-state index >= 15 is 0 Å². The van der Waals surface area contributed by atoms with Crippen LogP contribution < -0.4 is 5.32 Å². The summed E-state index contributed by atoms with van der Waals surface area (Å²) in [5.74, 6) is -0.638. The van der Waals surface area contributed by atoms with E-state index in [1.807, 2.05) is 24.3 Å². The van der Waals surface area contributed by atoms with Crippen LogP contribution >= 0.6 is 0 Å². The van der Waals surface area contributed by atoms with E-state index < -0.39 is 0 Å². The average Bonchev–Trinajstić information content (AvgIpc) is 3.29. The number of halogens is 1. The van der Waals surface area contributed by atoms with Gasteiger partial charge < -0.3 is 10.2 Å². The van der Waals surface area contributed by atoms with Crippen molar-refractivity contribution in [2.24, 2.45) is 0 Å². The number of nitrogens with zero attached hydrogens (tertiary/aromatic N) is 4. The molecule has 1 fully saturated rings. The molecule has 2 aromatic carbocycles. The summed E-state index contributed by atoms with van der Waals surface area (Å²) in [6.45, 7) is 7.47. The van der Waals surface area contributed by atoms with E-state index in [4.69, 9.17) is 0 Å². The molecule has 1 saturated heterocycles. The minimum Gasteiger partial charge on any atom is -0.349 e. The summed E-state index contributed by atoms with van der Waals surface area (Å²) in [7, 11) is 0. The van der Waals surface area contributed by atoms with Crippen LogP contribution in [0.5, 0.6) is 0 Å². The van der Waals surface area contributed by atoms with Crippen LogP contribution in [0.3, 0.4) is 0 Å². The van der Waals surface area contributed by atoms with Crippen molar-refractivity contribution in [1.29, 1.82) is 0 Å². The minimum absolute atomic E-state index is 0.0127. The number of carbonyl (C=O) groups is 2. The summed E-state index contributed by atoms with van der Waals surface area (Å²) in [4.78, 5) is 27.2. The van der Waals surface area contributed by atoms with Crippen LogP contribution in [-0.2, 0) is 5.41 Å². The topological polar surface area (TPSA) is 80.1 Å². The molecular weight excluding hydrogens is 421 g/mol. The van der Waals surface area contributed by atoms with Gasteiger partial charge >= 0.3 is 0 Å². The van der Waals surface area contributed by atoms with Crippen molar-refractivity contribution < 1.29 is 14.0 Å². The Bertz CT molecular complexity index is 1120. The maximum atomic E-state index is 13.1. The third kappa shape index (κ3) is 5.27. The van der Waals surface area contributed by atoms with Crippen molar-refractivity contribution >= 4 is 11.8 Å². The number of nitrogens with one attached hydrogen (secondary N) is 1. The number of rotatable bonds is 4. The minimum atomic E-state index is -0.341. The average molecular weight is 450 g/mol. The monoisotopic (exact) mass is 449 g/mol. The zero-order valence-electron chi connectivity index (χ0n) is 19.1. The number of aromatic nitrogens is 3. The van der Waals surface area contributed by atoms with Crippen LogP contribution in [0.1, 0.15) is 60.0 Å². The SMILES string of the molecule is CC(C)(C)c1ccc(C(=O)NC2CCN(C(=O)c3cn(-c4ccc(F)cc4)nn3)CC2)cc1. The molecule has 7 nitrogen and oxygen atoms in total. The van der Waals surface area contributed by atoms with Crippen LogP contribution in [0, 0.1) is 5.82 Å². The zero-order chi connectivity index (χ0) is 23.6. The molecule has 2 heterocycles. The summed E-state index contributed by atoms with van der Waals surface area (Å²) in [5, 5.41) is 11.0. The van der Waals surface area contributed by atoms with Gasteiger partial charge in [-0.1, -0.05) is 38.1 Å². The standard InChI is InChI=1S/C25H28FN5O2/c1-25(2,3)18-6-4-17(5-7-18)23(32)27-20-12-14-30(15-13-20)24(33)22-16-31(29-28-22)21-10-8-19(26)9-11-21/h4-11,16,20H,12-15H2,1-3H3,(H,27,32). The zero-order valence-corrected chi connectivity index (χ0v) is 19.1. The lowest BCUT2D eigenvalue weighted by atomic mass is 9.86. The molecule has 1 aromatic heterocycles. The molecule has 1 N–H and O–H groups in total. The fraction of sp³-hybridized carbons (Fsp3) is 0.360. The first-order valence-corrected chi connectivity index (χ1v) is 11.1. The van der Waals surface area contributed by atoms with E-state index in [0.717, 1.165) is 0 Å². The second-order valence-corrected chi connectivity index (χ2v) is 9.39. The Morgan fingerprint density at radius 2 is 1.64 bits per heavy atom. The van der Waals surface area contributed by atoms with Crippen molar-refractivity contribution in [3.63, 3.8) is 0 Å². The largest absolute Gasteiger partial charge is 0.349 e. The van der Waals surface area contributed by atoms with Gasteiger partial charge in [-0.15, -0.1) is 5.10 Å². The van der Waals surface area contributed by atoms with Gasteiger partial charge in [0.15, 0.2) is 5.69 Å². The molecule has 0 bridgehead atoms. The Balaban J connectivity index is 1.31. The quantitative estimate of drug-likeness (QED) is 0.658. The van der Waals surface area contributed by atoms with Gasteiger partial charge in [0.1, 0.15) is 5.82 Å². The van der Waals surface area contributed by atoms with Crippen LogP contribution in [0.2, 0.25) is 0 Å². The van der Waals surface area contributed by atoms with Crippen molar-refractivity contribution in [2.75, 3.05) is 13.1 Å². The van der Waals surface area contributed by atoms with E-state index in [-0.39, 0.29) is 34.8 Å². The van der Waals surface area contributed by atoms with Gasteiger partial charge in [-0.25, -0.2) is 9.07 Å². The van der Waals surface area contributed by atoms with Crippen molar-refractivity contribution in [1.82, 2.24) is 25.2 Å². The molecule has 172 valence electrons. The third-order valence-electron chi connectivity index (χ3n) is 5.93. The molecular formula is C25H28FN5O2. The molecule has 33 heavy (non-hydrogen) atoms. The van der Waals surface area contributed by atoms with Gasteiger partial charge in [0.25, 0.3) is 11.8 Å². The highest BCUT2D eigenvalue weighted by Gasteiger charge is 2.26. The second-order valence-electron chi connectivity index (χ2n) is 9.39. The lowest BCUT2D eigenvalue weighted by Gasteiger charge is -2.32. The Morgan fingerprint density at radius 3 is 2.24 bits per heavy atom. The van der Waals surface area contributed by atoms with Gasteiger partial charge in [-0.3, -0.25) is 9.59 Å².